The van der Waals surface area contributed by atoms with Crippen LogP contribution in [0.1, 0.15) is 107 Å². The van der Waals surface area contributed by atoms with Crippen molar-refractivity contribution in [2.45, 2.75) is 211 Å². The maximum Gasteiger partial charge on any atom is 0.187 e. The van der Waals surface area contributed by atoms with E-state index in [2.05, 4.69) is 40.7 Å². The van der Waals surface area contributed by atoms with Crippen LogP contribution in [0.4, 0.5) is 0 Å². The van der Waals surface area contributed by atoms with Crippen LogP contribution in [-0.2, 0) is 28.4 Å². The minimum atomic E-state index is -1.72. The second-order valence-electron chi connectivity index (χ2n) is 22.2. The summed E-state index contributed by atoms with van der Waals surface area (Å²) < 4.78 is 35.4. The lowest BCUT2D eigenvalue weighted by atomic mass is 9.34. The van der Waals surface area contributed by atoms with Gasteiger partial charge in [0.05, 0.1) is 43.7 Å². The monoisotopic (exact) mass is 903 g/mol. The van der Waals surface area contributed by atoms with Gasteiger partial charge in [-0.1, -0.05) is 46.3 Å². The van der Waals surface area contributed by atoms with Crippen molar-refractivity contribution in [2.75, 3.05) is 19.8 Å². The summed E-state index contributed by atoms with van der Waals surface area (Å²) >= 11 is 0. The minimum absolute atomic E-state index is 0.0908. The fourth-order valence-corrected chi connectivity index (χ4v) is 14.3. The Morgan fingerprint density at radius 2 is 1.25 bits per heavy atom. The molecule has 24 atom stereocenters. The number of fused-ring (bicyclic) bond motifs is 5. The first-order valence-corrected chi connectivity index (χ1v) is 23.3. The Morgan fingerprint density at radius 3 is 1.90 bits per heavy atom. The molecule has 0 bridgehead atoms. The third-order valence-corrected chi connectivity index (χ3v) is 17.9. The highest BCUT2D eigenvalue weighted by Gasteiger charge is 2.73. The molecule has 0 aromatic carbocycles. The minimum Gasteiger partial charge on any atom is -0.393 e. The molecule has 24 unspecified atom stereocenters. The molecular weight excluding hydrogens is 824 g/mol. The summed E-state index contributed by atoms with van der Waals surface area (Å²) in [6.07, 6.45) is -14.0. The number of allylic oxidation sites excluding steroid dienone is 2. The van der Waals surface area contributed by atoms with E-state index in [0.717, 1.165) is 18.4 Å². The third-order valence-electron chi connectivity index (χ3n) is 17.9. The average molecular weight is 903 g/mol. The molecule has 11 N–H and O–H groups in total. The first kappa shape index (κ1) is 50.0. The molecule has 17 nitrogen and oxygen atoms in total. The van der Waals surface area contributed by atoms with Gasteiger partial charge in [0, 0.05) is 0 Å². The van der Waals surface area contributed by atoms with Gasteiger partial charge in [0.2, 0.25) is 0 Å². The molecular formula is C46H78O17. The number of rotatable bonds is 12. The van der Waals surface area contributed by atoms with E-state index in [0.29, 0.717) is 38.5 Å². The van der Waals surface area contributed by atoms with Crippen molar-refractivity contribution in [1.82, 2.24) is 0 Å². The molecule has 0 radical (unpaired) electrons. The Balaban J connectivity index is 1.07. The van der Waals surface area contributed by atoms with E-state index in [9.17, 15) is 56.2 Å². The molecule has 3 heterocycles. The highest BCUT2D eigenvalue weighted by Crippen LogP contribution is 2.76. The van der Waals surface area contributed by atoms with Crippen LogP contribution >= 0.6 is 0 Å². The molecule has 0 amide bonds. The van der Waals surface area contributed by atoms with E-state index in [1.165, 1.54) is 0 Å². The summed E-state index contributed by atoms with van der Waals surface area (Å²) in [5.74, 6) is -0.536. The summed E-state index contributed by atoms with van der Waals surface area (Å²) in [4.78, 5) is 0. The largest absolute Gasteiger partial charge is 0.393 e. The van der Waals surface area contributed by atoms with E-state index in [1.54, 1.807) is 0 Å². The highest BCUT2D eigenvalue weighted by molar-refractivity contribution is 5.22. The van der Waals surface area contributed by atoms with Crippen molar-refractivity contribution >= 4 is 0 Å². The maximum absolute atomic E-state index is 12.5. The van der Waals surface area contributed by atoms with Crippen molar-refractivity contribution in [1.29, 1.82) is 0 Å². The van der Waals surface area contributed by atoms with Gasteiger partial charge in [-0.15, -0.1) is 0 Å². The van der Waals surface area contributed by atoms with Crippen LogP contribution in [0.15, 0.2) is 11.6 Å². The first-order chi connectivity index (χ1) is 29.3. The van der Waals surface area contributed by atoms with Crippen molar-refractivity contribution in [3.8, 4) is 0 Å². The quantitative estimate of drug-likeness (QED) is 0.117. The van der Waals surface area contributed by atoms with Crippen LogP contribution < -0.4 is 0 Å². The molecule has 63 heavy (non-hydrogen) atoms. The zero-order valence-electron chi connectivity index (χ0n) is 38.3. The SMILES string of the molecule is CC(C)=CCCC(C)(OC1OC(COC2OC(COC3OCC(O)C(O)C3O)C(O)C2O)C(O)C(O)C1O)C1CCC2(C)C1C(O)CC1C3(C)CCC(O)C(C)(C)C3C(O)CC12C. The normalized spacial score (nSPS) is 52.9. The molecule has 3 aliphatic heterocycles. The van der Waals surface area contributed by atoms with E-state index in [4.69, 9.17) is 28.4 Å². The van der Waals surface area contributed by atoms with Crippen molar-refractivity contribution in [3.05, 3.63) is 11.6 Å². The topological polar surface area (TPSA) is 278 Å². The standard InChI is InChI=1S/C46H78O17/c1-21(2)10-9-13-46(8,22-11-15-44(6)30(22)23(47)16-28-43(5)14-12-29(50)42(3,4)38(43)24(48)17-45(28,44)7)63-41-37(57)34(54)32(52)26(62-41)20-60-40-36(56)33(53)27(61-40)19-59-39-35(55)31(51)25(49)18-58-39/h10,22-41,47-57H,9,11-20H2,1-8H3. The predicted molar refractivity (Wildman–Crippen MR) is 223 cm³/mol. The smallest absolute Gasteiger partial charge is 0.187 e. The summed E-state index contributed by atoms with van der Waals surface area (Å²) in [5.41, 5.74) is -1.50. The van der Waals surface area contributed by atoms with Crippen LogP contribution in [0.3, 0.4) is 0 Å². The lowest BCUT2D eigenvalue weighted by Gasteiger charge is -2.71. The Morgan fingerprint density at radius 1 is 0.667 bits per heavy atom. The highest BCUT2D eigenvalue weighted by atomic mass is 16.7. The molecule has 7 aliphatic rings. The van der Waals surface area contributed by atoms with Crippen LogP contribution in [0.5, 0.6) is 0 Å². The second-order valence-corrected chi connectivity index (χ2v) is 22.2. The molecule has 4 aliphatic carbocycles. The van der Waals surface area contributed by atoms with Crippen molar-refractivity contribution < 1.29 is 84.6 Å². The van der Waals surface area contributed by atoms with Crippen LogP contribution in [0, 0.1) is 45.3 Å². The Hall–Kier alpha value is -0.940. The van der Waals surface area contributed by atoms with Gasteiger partial charge in [-0.05, 0) is 117 Å². The summed E-state index contributed by atoms with van der Waals surface area (Å²) in [6.45, 7) is 15.8. The van der Waals surface area contributed by atoms with E-state index >= 15 is 0 Å². The van der Waals surface area contributed by atoms with Gasteiger partial charge in [0.25, 0.3) is 0 Å². The summed E-state index contributed by atoms with van der Waals surface area (Å²) in [7, 11) is 0. The van der Waals surface area contributed by atoms with E-state index in [-0.39, 0.29) is 41.1 Å². The summed E-state index contributed by atoms with van der Waals surface area (Å²) in [6, 6.07) is 0. The Bertz CT molecular complexity index is 1610. The molecule has 0 spiro atoms. The van der Waals surface area contributed by atoms with Gasteiger partial charge in [0.15, 0.2) is 18.9 Å². The molecule has 7 fully saturated rings. The fourth-order valence-electron chi connectivity index (χ4n) is 14.3. The predicted octanol–water partition coefficient (Wildman–Crippen LogP) is 0.222. The Labute approximate surface area is 371 Å². The van der Waals surface area contributed by atoms with Crippen LogP contribution in [-0.4, -0.2) is 180 Å². The number of hydrogen-bond acceptors (Lipinski definition) is 17. The number of ether oxygens (including phenoxy) is 6. The molecule has 364 valence electrons. The molecule has 0 aromatic rings. The number of hydrogen-bond donors (Lipinski definition) is 11. The first-order valence-electron chi connectivity index (χ1n) is 23.3. The van der Waals surface area contributed by atoms with E-state index in [1.807, 2.05) is 20.8 Å². The summed E-state index contributed by atoms with van der Waals surface area (Å²) in [5, 5.41) is 121. The molecule has 7 rings (SSSR count). The van der Waals surface area contributed by atoms with Crippen LogP contribution in [0.2, 0.25) is 0 Å². The lowest BCUT2D eigenvalue weighted by molar-refractivity contribution is -0.342. The third kappa shape index (κ3) is 8.53. The number of aliphatic hydroxyl groups is 11. The molecule has 3 saturated heterocycles. The van der Waals surface area contributed by atoms with Gasteiger partial charge in [-0.3, -0.25) is 0 Å². The van der Waals surface area contributed by atoms with Gasteiger partial charge < -0.3 is 84.6 Å². The maximum atomic E-state index is 12.5. The van der Waals surface area contributed by atoms with Crippen LogP contribution in [0.25, 0.3) is 0 Å². The van der Waals surface area contributed by atoms with E-state index < -0.39 is 128 Å². The fraction of sp³-hybridized carbons (Fsp3) is 0.957. The second kappa shape index (κ2) is 18.2. The van der Waals surface area contributed by atoms with Gasteiger partial charge in [-0.25, -0.2) is 0 Å². The van der Waals surface area contributed by atoms with Gasteiger partial charge in [-0.2, -0.15) is 0 Å². The Kier molecular flexibility index (Phi) is 14.4. The molecule has 4 saturated carbocycles. The molecule has 0 aromatic heterocycles. The van der Waals surface area contributed by atoms with Crippen molar-refractivity contribution in [3.63, 3.8) is 0 Å². The van der Waals surface area contributed by atoms with Gasteiger partial charge >= 0.3 is 0 Å². The molecule has 17 heteroatoms. The lowest BCUT2D eigenvalue weighted by Crippen LogP contribution is -2.70. The zero-order valence-corrected chi connectivity index (χ0v) is 38.3. The van der Waals surface area contributed by atoms with Gasteiger partial charge in [0.1, 0.15) is 61.0 Å². The van der Waals surface area contributed by atoms with Crippen molar-refractivity contribution in [2.24, 2.45) is 45.3 Å². The average Bonchev–Trinajstić information content (AvgIpc) is 3.72. The zero-order chi connectivity index (χ0) is 46.4. The number of aliphatic hydroxyl groups excluding tert-OH is 11.